The Hall–Kier alpha value is -3.04. The number of ether oxygens (including phenoxy) is 2. The van der Waals surface area contributed by atoms with Gasteiger partial charge < -0.3 is 29.6 Å². The van der Waals surface area contributed by atoms with Crippen LogP contribution >= 0.6 is 11.9 Å². The van der Waals surface area contributed by atoms with Gasteiger partial charge in [0.25, 0.3) is 0 Å². The molecule has 7 nitrogen and oxygen atoms in total. The second-order valence-electron chi connectivity index (χ2n) is 9.55. The van der Waals surface area contributed by atoms with Crippen LogP contribution in [-0.4, -0.2) is 75.7 Å². The van der Waals surface area contributed by atoms with Crippen LogP contribution < -0.4 is 20.1 Å². The third-order valence-electron chi connectivity index (χ3n) is 6.82. The minimum absolute atomic E-state index is 0.245. The molecule has 0 atom stereocenters. The number of alkyl halides is 3. The van der Waals surface area contributed by atoms with E-state index >= 15 is 0 Å². The first-order valence-electron chi connectivity index (χ1n) is 13.2. The van der Waals surface area contributed by atoms with Crippen molar-refractivity contribution in [2.75, 3.05) is 64.7 Å². The van der Waals surface area contributed by atoms with E-state index in [-0.39, 0.29) is 12.6 Å². The van der Waals surface area contributed by atoms with Gasteiger partial charge in [0.2, 0.25) is 0 Å². The molecule has 1 aliphatic heterocycles. The van der Waals surface area contributed by atoms with Crippen molar-refractivity contribution in [3.8, 4) is 17.6 Å². The number of nitrogens with one attached hydrogen (secondary N) is 3. The molecule has 0 radical (unpaired) electrons. The molecule has 1 aromatic heterocycles. The molecule has 3 aromatic rings. The normalized spacial score (nSPS) is 14.7. The Bertz CT molecular complexity index is 1330. The molecule has 1 fully saturated rings. The number of nitrogens with zero attached hydrogens (tertiary/aromatic N) is 2. The lowest BCUT2D eigenvalue weighted by molar-refractivity contribution is -0.140. The number of fused-ring (bicyclic) bond motifs is 1. The number of halogens is 3. The number of benzene rings is 2. The van der Waals surface area contributed by atoms with Gasteiger partial charge in [-0.1, -0.05) is 12.0 Å². The lowest BCUT2D eigenvalue weighted by Gasteiger charge is -2.32. The summed E-state index contributed by atoms with van der Waals surface area (Å²) in [7, 11) is 5.13. The van der Waals surface area contributed by atoms with Gasteiger partial charge in [-0.3, -0.25) is 4.72 Å². The topological polar surface area (TPSA) is 62.7 Å². The number of rotatable bonds is 11. The molecule has 216 valence electrons. The van der Waals surface area contributed by atoms with Crippen LogP contribution in [0.5, 0.6) is 5.75 Å². The van der Waals surface area contributed by atoms with Gasteiger partial charge in [0.05, 0.1) is 37.2 Å². The SMILES string of the molecule is CNSc1ccc(NCC#Cc2cc3c(NC4CCN(CCOC)CC4)cccc3n2CC(F)(F)F)c(OC)c1. The first-order chi connectivity index (χ1) is 19.3. The number of hydrogen-bond acceptors (Lipinski definition) is 7. The van der Waals surface area contributed by atoms with Crippen LogP contribution in [0.15, 0.2) is 47.4 Å². The minimum atomic E-state index is -4.38. The highest BCUT2D eigenvalue weighted by molar-refractivity contribution is 7.97. The Kier molecular flexibility index (Phi) is 10.5. The molecule has 4 rings (SSSR count). The summed E-state index contributed by atoms with van der Waals surface area (Å²) in [6.07, 6.45) is -2.46. The van der Waals surface area contributed by atoms with Gasteiger partial charge in [0.15, 0.2) is 0 Å². The second kappa shape index (κ2) is 14.0. The number of anilines is 2. The largest absolute Gasteiger partial charge is 0.495 e. The van der Waals surface area contributed by atoms with Gasteiger partial charge in [-0.25, -0.2) is 0 Å². The summed E-state index contributed by atoms with van der Waals surface area (Å²) in [4.78, 5) is 3.36. The molecular weight excluding hydrogens is 539 g/mol. The van der Waals surface area contributed by atoms with Crippen LogP contribution in [-0.2, 0) is 11.3 Å². The average Bonchev–Trinajstić information content (AvgIpc) is 3.28. The lowest BCUT2D eigenvalue weighted by Crippen LogP contribution is -2.40. The fraction of sp³-hybridized carbons (Fsp3) is 0.448. The maximum atomic E-state index is 13.6. The summed E-state index contributed by atoms with van der Waals surface area (Å²) in [6, 6.07) is 13.2. The number of piperidine rings is 1. The van der Waals surface area contributed by atoms with Crippen molar-refractivity contribution >= 4 is 34.2 Å². The van der Waals surface area contributed by atoms with Gasteiger partial charge in [-0.15, -0.1) is 0 Å². The predicted molar refractivity (Wildman–Crippen MR) is 156 cm³/mol. The summed E-state index contributed by atoms with van der Waals surface area (Å²) in [5, 5.41) is 7.53. The average molecular weight is 576 g/mol. The van der Waals surface area contributed by atoms with Crippen LogP contribution in [0, 0.1) is 11.8 Å². The van der Waals surface area contributed by atoms with Crippen molar-refractivity contribution < 1.29 is 22.6 Å². The van der Waals surface area contributed by atoms with E-state index in [1.807, 2.05) is 31.3 Å². The maximum absolute atomic E-state index is 13.6. The Morgan fingerprint density at radius 1 is 1.07 bits per heavy atom. The Labute approximate surface area is 237 Å². The van der Waals surface area contributed by atoms with Crippen LogP contribution in [0.2, 0.25) is 0 Å². The summed E-state index contributed by atoms with van der Waals surface area (Å²) in [5.41, 5.74) is 2.42. The lowest BCUT2D eigenvalue weighted by atomic mass is 10.0. The van der Waals surface area contributed by atoms with Gasteiger partial charge in [0, 0.05) is 48.8 Å². The molecule has 1 aliphatic rings. The van der Waals surface area contributed by atoms with E-state index in [1.165, 1.54) is 16.5 Å². The molecular formula is C29H36F3N5O2S. The molecule has 0 spiro atoms. The molecule has 1 saturated heterocycles. The van der Waals surface area contributed by atoms with Crippen LogP contribution in [0.3, 0.4) is 0 Å². The smallest absolute Gasteiger partial charge is 0.406 e. The zero-order valence-corrected chi connectivity index (χ0v) is 23.8. The molecule has 40 heavy (non-hydrogen) atoms. The molecule has 0 bridgehead atoms. The summed E-state index contributed by atoms with van der Waals surface area (Å²) < 4.78 is 55.6. The molecule has 2 aromatic carbocycles. The van der Waals surface area contributed by atoms with Gasteiger partial charge in [0.1, 0.15) is 12.3 Å². The van der Waals surface area contributed by atoms with Gasteiger partial charge >= 0.3 is 6.18 Å². The summed E-state index contributed by atoms with van der Waals surface area (Å²) in [5.74, 6) is 6.62. The van der Waals surface area contributed by atoms with Gasteiger partial charge in [-0.2, -0.15) is 13.2 Å². The molecule has 0 saturated carbocycles. The van der Waals surface area contributed by atoms with Crippen molar-refractivity contribution in [3.05, 3.63) is 48.2 Å². The Morgan fingerprint density at radius 3 is 2.58 bits per heavy atom. The van der Waals surface area contributed by atoms with E-state index in [1.54, 1.807) is 32.4 Å². The quantitative estimate of drug-likeness (QED) is 0.208. The second-order valence-corrected chi connectivity index (χ2v) is 10.6. The minimum Gasteiger partial charge on any atom is -0.495 e. The van der Waals surface area contributed by atoms with E-state index in [0.717, 1.165) is 54.1 Å². The fourth-order valence-corrected chi connectivity index (χ4v) is 5.42. The molecule has 0 amide bonds. The van der Waals surface area contributed by atoms with Crippen LogP contribution in [0.4, 0.5) is 24.5 Å². The molecule has 3 N–H and O–H groups in total. The highest BCUT2D eigenvalue weighted by Crippen LogP contribution is 2.32. The maximum Gasteiger partial charge on any atom is 0.406 e. The van der Waals surface area contributed by atoms with E-state index in [4.69, 9.17) is 9.47 Å². The van der Waals surface area contributed by atoms with Crippen molar-refractivity contribution in [2.45, 2.75) is 36.5 Å². The summed E-state index contributed by atoms with van der Waals surface area (Å²) >= 11 is 1.47. The van der Waals surface area contributed by atoms with E-state index < -0.39 is 12.7 Å². The number of aromatic nitrogens is 1. The van der Waals surface area contributed by atoms with Gasteiger partial charge in [-0.05, 0) is 74.2 Å². The Morgan fingerprint density at radius 2 is 1.88 bits per heavy atom. The molecule has 11 heteroatoms. The van der Waals surface area contributed by atoms with Crippen molar-refractivity contribution in [1.82, 2.24) is 14.2 Å². The van der Waals surface area contributed by atoms with Crippen molar-refractivity contribution in [1.29, 1.82) is 0 Å². The first kappa shape index (κ1) is 29.9. The standard InChI is InChI=1S/C29H36F3N5O2S/c1-33-40-23-9-10-26(28(19-23)39-3)34-13-5-6-22-18-24-25(7-4-8-27(24)37(22)20-29(30,31)32)35-21-11-14-36(15-12-21)16-17-38-2/h4,7-10,18-19,21,33-35H,11-17,20H2,1-3H3. The van der Waals surface area contributed by atoms with E-state index in [0.29, 0.717) is 23.6 Å². The van der Waals surface area contributed by atoms with Crippen molar-refractivity contribution in [3.63, 3.8) is 0 Å². The third-order valence-corrected chi connectivity index (χ3v) is 7.51. The monoisotopic (exact) mass is 575 g/mol. The number of methoxy groups -OCH3 is 2. The van der Waals surface area contributed by atoms with E-state index in [9.17, 15) is 13.2 Å². The predicted octanol–water partition coefficient (Wildman–Crippen LogP) is 5.43. The van der Waals surface area contributed by atoms with Crippen molar-refractivity contribution in [2.24, 2.45) is 0 Å². The van der Waals surface area contributed by atoms with E-state index in [2.05, 4.69) is 32.1 Å². The molecule has 0 unspecified atom stereocenters. The van der Waals surface area contributed by atoms with Crippen LogP contribution in [0.1, 0.15) is 18.5 Å². The third kappa shape index (κ3) is 8.01. The molecule has 0 aliphatic carbocycles. The number of likely N-dealkylation sites (tertiary alicyclic amines) is 1. The van der Waals surface area contributed by atoms with Crippen LogP contribution in [0.25, 0.3) is 10.9 Å². The Balaban J connectivity index is 1.52. The summed E-state index contributed by atoms with van der Waals surface area (Å²) in [6.45, 7) is 2.67. The number of hydrogen-bond donors (Lipinski definition) is 3. The first-order valence-corrected chi connectivity index (χ1v) is 14.0. The fourth-order valence-electron chi connectivity index (χ4n) is 4.88. The highest BCUT2D eigenvalue weighted by atomic mass is 32.2. The molecule has 2 heterocycles. The zero-order valence-electron chi connectivity index (χ0n) is 23.0. The zero-order chi connectivity index (χ0) is 28.5. The highest BCUT2D eigenvalue weighted by Gasteiger charge is 2.30.